The summed E-state index contributed by atoms with van der Waals surface area (Å²) in [6.07, 6.45) is 4.87. The third-order valence-corrected chi connectivity index (χ3v) is 3.21. The molecule has 0 aliphatic heterocycles. The molecule has 20 heavy (non-hydrogen) atoms. The third-order valence-electron chi connectivity index (χ3n) is 3.21. The largest absolute Gasteiger partial charge is 0.312 e. The molecule has 0 aliphatic rings. The first-order valence-electron chi connectivity index (χ1n) is 7.30. The molecule has 1 aromatic carbocycles. The van der Waals surface area contributed by atoms with E-state index in [-0.39, 0.29) is 0 Å². The van der Waals surface area contributed by atoms with Crippen molar-refractivity contribution in [1.82, 2.24) is 15.3 Å². The van der Waals surface area contributed by atoms with Crippen molar-refractivity contribution < 1.29 is 0 Å². The summed E-state index contributed by atoms with van der Waals surface area (Å²) in [7, 11) is 0. The van der Waals surface area contributed by atoms with Gasteiger partial charge >= 0.3 is 0 Å². The quantitative estimate of drug-likeness (QED) is 0.872. The van der Waals surface area contributed by atoms with Crippen LogP contribution in [0.2, 0.25) is 0 Å². The molecule has 1 aromatic heterocycles. The van der Waals surface area contributed by atoms with Gasteiger partial charge in [-0.25, -0.2) is 9.97 Å². The highest BCUT2D eigenvalue weighted by Crippen LogP contribution is 2.15. The zero-order valence-electron chi connectivity index (χ0n) is 12.6. The fourth-order valence-electron chi connectivity index (χ4n) is 1.99. The molecule has 2 rings (SSSR count). The number of aryl methyl sites for hydroxylation is 1. The Bertz CT molecular complexity index is 515. The maximum atomic E-state index is 4.45. The molecule has 0 fully saturated rings. The predicted molar refractivity (Wildman–Crippen MR) is 83.4 cm³/mol. The standard InChI is InChI=1S/C17H23N3/c1-4-14-5-7-16(8-6-14)17-19-11-15(12-20-17)10-18-9-13(2)3/h5-8,11-13,18H,4,9-10H2,1-3H3. The minimum absolute atomic E-state index is 0.660. The Balaban J connectivity index is 1.99. The van der Waals surface area contributed by atoms with Crippen LogP contribution in [0.5, 0.6) is 0 Å². The van der Waals surface area contributed by atoms with Crippen molar-refractivity contribution >= 4 is 0 Å². The number of aromatic nitrogens is 2. The van der Waals surface area contributed by atoms with Crippen LogP contribution in [0.4, 0.5) is 0 Å². The van der Waals surface area contributed by atoms with Crippen molar-refractivity contribution in [3.8, 4) is 11.4 Å². The normalized spacial score (nSPS) is 11.0. The molecular formula is C17H23N3. The lowest BCUT2D eigenvalue weighted by molar-refractivity contribution is 0.551. The van der Waals surface area contributed by atoms with Crippen LogP contribution in [0, 0.1) is 5.92 Å². The van der Waals surface area contributed by atoms with Crippen LogP contribution < -0.4 is 5.32 Å². The van der Waals surface area contributed by atoms with E-state index in [0.717, 1.165) is 36.5 Å². The van der Waals surface area contributed by atoms with Crippen LogP contribution in [0.15, 0.2) is 36.7 Å². The van der Waals surface area contributed by atoms with Gasteiger partial charge in [0.2, 0.25) is 0 Å². The minimum atomic E-state index is 0.660. The van der Waals surface area contributed by atoms with Gasteiger partial charge in [0, 0.05) is 30.1 Å². The molecule has 3 nitrogen and oxygen atoms in total. The summed E-state index contributed by atoms with van der Waals surface area (Å²) in [6, 6.07) is 8.45. The van der Waals surface area contributed by atoms with Crippen LogP contribution in [0.3, 0.4) is 0 Å². The first-order valence-corrected chi connectivity index (χ1v) is 7.30. The highest BCUT2D eigenvalue weighted by Gasteiger charge is 2.02. The number of nitrogens with zero attached hydrogens (tertiary/aromatic N) is 2. The van der Waals surface area contributed by atoms with E-state index in [1.165, 1.54) is 5.56 Å². The van der Waals surface area contributed by atoms with Crippen molar-refractivity contribution in [3.05, 3.63) is 47.8 Å². The molecule has 0 atom stereocenters. The van der Waals surface area contributed by atoms with Crippen LogP contribution >= 0.6 is 0 Å². The molecule has 106 valence electrons. The summed E-state index contributed by atoms with van der Waals surface area (Å²) in [5.74, 6) is 1.45. The Morgan fingerprint density at radius 1 is 1.00 bits per heavy atom. The Morgan fingerprint density at radius 2 is 1.65 bits per heavy atom. The molecule has 2 aromatic rings. The highest BCUT2D eigenvalue weighted by atomic mass is 14.9. The summed E-state index contributed by atoms with van der Waals surface area (Å²) in [4.78, 5) is 8.90. The third kappa shape index (κ3) is 4.14. The fraction of sp³-hybridized carbons (Fsp3) is 0.412. The van der Waals surface area contributed by atoms with Crippen molar-refractivity contribution in [2.24, 2.45) is 5.92 Å². The lowest BCUT2D eigenvalue weighted by Crippen LogP contribution is -2.19. The number of hydrogen-bond donors (Lipinski definition) is 1. The zero-order valence-corrected chi connectivity index (χ0v) is 12.6. The monoisotopic (exact) mass is 269 g/mol. The first kappa shape index (κ1) is 14.7. The second-order valence-corrected chi connectivity index (χ2v) is 5.49. The first-order chi connectivity index (χ1) is 9.69. The minimum Gasteiger partial charge on any atom is -0.312 e. The summed E-state index contributed by atoms with van der Waals surface area (Å²) >= 11 is 0. The molecule has 0 spiro atoms. The van der Waals surface area contributed by atoms with Gasteiger partial charge in [-0.2, -0.15) is 0 Å². The average molecular weight is 269 g/mol. The molecule has 0 amide bonds. The molecule has 1 heterocycles. The number of hydrogen-bond acceptors (Lipinski definition) is 3. The fourth-order valence-corrected chi connectivity index (χ4v) is 1.99. The molecule has 3 heteroatoms. The average Bonchev–Trinajstić information content (AvgIpc) is 2.48. The molecule has 1 N–H and O–H groups in total. The molecule has 0 saturated heterocycles. The maximum absolute atomic E-state index is 4.45. The number of rotatable bonds is 6. The lowest BCUT2D eigenvalue weighted by Gasteiger charge is -2.07. The van der Waals surface area contributed by atoms with Crippen LogP contribution in [-0.2, 0) is 13.0 Å². The highest BCUT2D eigenvalue weighted by molar-refractivity contribution is 5.55. The van der Waals surface area contributed by atoms with E-state index >= 15 is 0 Å². The van der Waals surface area contributed by atoms with Crippen LogP contribution in [0.1, 0.15) is 31.9 Å². The smallest absolute Gasteiger partial charge is 0.159 e. The van der Waals surface area contributed by atoms with Crippen molar-refractivity contribution in [2.75, 3.05) is 6.54 Å². The molecule has 0 aliphatic carbocycles. The predicted octanol–water partition coefficient (Wildman–Crippen LogP) is 3.45. The molecule has 0 saturated carbocycles. The Morgan fingerprint density at radius 3 is 2.20 bits per heavy atom. The second kappa shape index (κ2) is 7.15. The topological polar surface area (TPSA) is 37.8 Å². The second-order valence-electron chi connectivity index (χ2n) is 5.49. The van der Waals surface area contributed by atoms with E-state index in [9.17, 15) is 0 Å². The lowest BCUT2D eigenvalue weighted by atomic mass is 10.1. The van der Waals surface area contributed by atoms with Gasteiger partial charge in [0.05, 0.1) is 0 Å². The number of benzene rings is 1. The molecule has 0 radical (unpaired) electrons. The summed E-state index contributed by atoms with van der Waals surface area (Å²) in [5.41, 5.74) is 3.53. The Hall–Kier alpha value is -1.74. The number of nitrogens with one attached hydrogen (secondary N) is 1. The van der Waals surface area contributed by atoms with E-state index in [2.05, 4.69) is 60.3 Å². The van der Waals surface area contributed by atoms with Crippen molar-refractivity contribution in [2.45, 2.75) is 33.7 Å². The molecule has 0 bridgehead atoms. The van der Waals surface area contributed by atoms with Gasteiger partial charge in [-0.15, -0.1) is 0 Å². The Kier molecular flexibility index (Phi) is 5.24. The summed E-state index contributed by atoms with van der Waals surface area (Å²) in [5, 5.41) is 3.40. The van der Waals surface area contributed by atoms with Gasteiger partial charge in [-0.3, -0.25) is 0 Å². The van der Waals surface area contributed by atoms with Gasteiger partial charge < -0.3 is 5.32 Å². The van der Waals surface area contributed by atoms with Crippen molar-refractivity contribution in [1.29, 1.82) is 0 Å². The maximum Gasteiger partial charge on any atom is 0.159 e. The van der Waals surface area contributed by atoms with Crippen molar-refractivity contribution in [3.63, 3.8) is 0 Å². The summed E-state index contributed by atoms with van der Waals surface area (Å²) < 4.78 is 0. The van der Waals surface area contributed by atoms with Gasteiger partial charge in [-0.1, -0.05) is 45.0 Å². The van der Waals surface area contributed by atoms with Crippen LogP contribution in [0.25, 0.3) is 11.4 Å². The zero-order chi connectivity index (χ0) is 14.4. The SMILES string of the molecule is CCc1ccc(-c2ncc(CNCC(C)C)cn2)cc1. The molecular weight excluding hydrogens is 246 g/mol. The van der Waals surface area contributed by atoms with E-state index in [1.807, 2.05) is 12.4 Å². The Labute approximate surface area is 121 Å². The van der Waals surface area contributed by atoms with Gasteiger partial charge in [0.15, 0.2) is 5.82 Å². The van der Waals surface area contributed by atoms with E-state index < -0.39 is 0 Å². The molecule has 0 unspecified atom stereocenters. The summed E-state index contributed by atoms with van der Waals surface area (Å²) in [6.45, 7) is 8.40. The van der Waals surface area contributed by atoms with Gasteiger partial charge in [0.1, 0.15) is 0 Å². The van der Waals surface area contributed by atoms with Gasteiger partial charge in [0.25, 0.3) is 0 Å². The van der Waals surface area contributed by atoms with E-state index in [4.69, 9.17) is 0 Å². The van der Waals surface area contributed by atoms with E-state index in [1.54, 1.807) is 0 Å². The van der Waals surface area contributed by atoms with Gasteiger partial charge in [-0.05, 0) is 24.4 Å². The van der Waals surface area contributed by atoms with Crippen LogP contribution in [-0.4, -0.2) is 16.5 Å². The van der Waals surface area contributed by atoms with E-state index in [0.29, 0.717) is 5.92 Å².